The Morgan fingerprint density at radius 1 is 0.368 bits per heavy atom. The van der Waals surface area contributed by atoms with Crippen LogP contribution in [0.2, 0.25) is 0 Å². The van der Waals surface area contributed by atoms with Gasteiger partial charge in [0.25, 0.3) is 0 Å². The van der Waals surface area contributed by atoms with Gasteiger partial charge in [0.15, 0.2) is 0 Å². The zero-order valence-electron chi connectivity index (χ0n) is 30.9. The van der Waals surface area contributed by atoms with Gasteiger partial charge in [-0.3, -0.25) is 0 Å². The fourth-order valence-corrected chi connectivity index (χ4v) is 10.5. The summed E-state index contributed by atoms with van der Waals surface area (Å²) in [6.07, 6.45) is 0. The molecular formula is C54H34N2S. The van der Waals surface area contributed by atoms with Gasteiger partial charge in [-0.1, -0.05) is 164 Å². The minimum Gasteiger partial charge on any atom is -0.309 e. The second-order valence-electron chi connectivity index (χ2n) is 14.9. The lowest BCUT2D eigenvalue weighted by Crippen LogP contribution is -2.10. The van der Waals surface area contributed by atoms with E-state index in [2.05, 4.69) is 216 Å². The maximum Gasteiger partial charge on any atom is 0.0640 e. The summed E-state index contributed by atoms with van der Waals surface area (Å²) in [6.45, 7) is 0. The monoisotopic (exact) mass is 742 g/mol. The molecule has 12 rings (SSSR count). The van der Waals surface area contributed by atoms with Gasteiger partial charge in [0.1, 0.15) is 0 Å². The van der Waals surface area contributed by atoms with Crippen LogP contribution in [0.4, 0.5) is 17.1 Å². The van der Waals surface area contributed by atoms with Crippen LogP contribution in [-0.2, 0) is 0 Å². The molecule has 10 aromatic carbocycles. The summed E-state index contributed by atoms with van der Waals surface area (Å²) in [7, 11) is 0. The first-order chi connectivity index (χ1) is 28.3. The van der Waals surface area contributed by atoms with E-state index in [1.54, 1.807) is 0 Å². The van der Waals surface area contributed by atoms with Crippen molar-refractivity contribution >= 4 is 103 Å². The Hall–Kier alpha value is -7.20. The molecule has 0 atom stereocenters. The highest BCUT2D eigenvalue weighted by Gasteiger charge is 2.24. The summed E-state index contributed by atoms with van der Waals surface area (Å²) < 4.78 is 5.06. The smallest absolute Gasteiger partial charge is 0.0640 e. The van der Waals surface area contributed by atoms with Gasteiger partial charge >= 0.3 is 0 Å². The quantitative estimate of drug-likeness (QED) is 0.170. The number of para-hydroxylation sites is 1. The molecule has 0 aliphatic rings. The van der Waals surface area contributed by atoms with Crippen LogP contribution in [0, 0.1) is 0 Å². The third-order valence-corrected chi connectivity index (χ3v) is 13.0. The normalized spacial score (nSPS) is 11.9. The second-order valence-corrected chi connectivity index (χ2v) is 15.9. The maximum atomic E-state index is 2.51. The van der Waals surface area contributed by atoms with Gasteiger partial charge in [-0.2, -0.15) is 0 Å². The van der Waals surface area contributed by atoms with Crippen molar-refractivity contribution < 1.29 is 0 Å². The number of aromatic nitrogens is 1. The lowest BCUT2D eigenvalue weighted by Gasteiger charge is -2.27. The van der Waals surface area contributed by atoms with Gasteiger partial charge < -0.3 is 9.47 Å². The van der Waals surface area contributed by atoms with E-state index in [0.29, 0.717) is 0 Å². The molecule has 0 unspecified atom stereocenters. The van der Waals surface area contributed by atoms with E-state index in [1.807, 2.05) is 11.3 Å². The fraction of sp³-hybridized carbons (Fsp3) is 0. The first kappa shape index (κ1) is 32.1. The van der Waals surface area contributed by atoms with Crippen molar-refractivity contribution in [2.75, 3.05) is 4.90 Å². The van der Waals surface area contributed by atoms with Gasteiger partial charge in [0.2, 0.25) is 0 Å². The molecule has 0 radical (unpaired) electrons. The average Bonchev–Trinajstić information content (AvgIpc) is 3.84. The average molecular weight is 743 g/mol. The summed E-state index contributed by atoms with van der Waals surface area (Å²) in [6, 6.07) is 75.7. The molecule has 2 aromatic heterocycles. The van der Waals surface area contributed by atoms with Gasteiger partial charge in [0, 0.05) is 43.0 Å². The van der Waals surface area contributed by atoms with Crippen LogP contribution in [0.25, 0.3) is 91.1 Å². The molecule has 0 saturated heterocycles. The molecule has 0 amide bonds. The molecule has 0 aliphatic heterocycles. The highest BCUT2D eigenvalue weighted by molar-refractivity contribution is 7.27. The topological polar surface area (TPSA) is 8.17 Å². The first-order valence-electron chi connectivity index (χ1n) is 19.5. The molecule has 2 nitrogen and oxygen atoms in total. The molecule has 266 valence electrons. The second kappa shape index (κ2) is 12.7. The van der Waals surface area contributed by atoms with Crippen molar-refractivity contribution in [3.63, 3.8) is 0 Å². The summed E-state index contributed by atoms with van der Waals surface area (Å²) >= 11 is 1.90. The highest BCUT2D eigenvalue weighted by Crippen LogP contribution is 2.50. The molecular weight excluding hydrogens is 709 g/mol. The van der Waals surface area contributed by atoms with Crippen molar-refractivity contribution in [1.29, 1.82) is 0 Å². The lowest BCUT2D eigenvalue weighted by atomic mass is 9.98. The van der Waals surface area contributed by atoms with Crippen LogP contribution in [0.15, 0.2) is 206 Å². The Morgan fingerprint density at radius 2 is 0.947 bits per heavy atom. The third-order valence-electron chi connectivity index (χ3n) is 11.7. The number of rotatable bonds is 5. The van der Waals surface area contributed by atoms with Crippen molar-refractivity contribution in [3.05, 3.63) is 206 Å². The fourth-order valence-electron chi connectivity index (χ4n) is 9.20. The Labute approximate surface area is 333 Å². The molecule has 57 heavy (non-hydrogen) atoms. The van der Waals surface area contributed by atoms with E-state index >= 15 is 0 Å². The summed E-state index contributed by atoms with van der Waals surface area (Å²) in [5, 5.41) is 12.6. The minimum absolute atomic E-state index is 1.11. The number of thiophene rings is 1. The molecule has 0 aliphatic carbocycles. The lowest BCUT2D eigenvalue weighted by molar-refractivity contribution is 1.18. The number of benzene rings is 10. The van der Waals surface area contributed by atoms with E-state index in [4.69, 9.17) is 0 Å². The molecule has 12 aromatic rings. The summed E-state index contributed by atoms with van der Waals surface area (Å²) in [5.41, 5.74) is 9.42. The Bertz CT molecular complexity index is 3520. The zero-order chi connectivity index (χ0) is 37.5. The van der Waals surface area contributed by atoms with Crippen molar-refractivity contribution in [2.24, 2.45) is 0 Å². The third kappa shape index (κ3) is 4.89. The number of fused-ring (bicyclic) bond motifs is 11. The number of nitrogens with zero attached hydrogens (tertiary/aromatic N) is 2. The first-order valence-corrected chi connectivity index (χ1v) is 20.3. The standard InChI is InChI=1S/C54H34N2S/c1-2-17-39(18-3-1)56-49-25-12-24-48(51(49)47-34-30-36-14-5-8-20-43(36)52(47)56)55(40-31-27-38(28-32-40)42-22-10-16-35-13-4-7-19-41(35)42)50-26-11-23-45-46-33-29-37-15-6-9-21-44(37)53(46)57-54(45)50/h1-34H. The molecule has 3 heteroatoms. The van der Waals surface area contributed by atoms with Crippen LogP contribution in [0.3, 0.4) is 0 Å². The Morgan fingerprint density at radius 3 is 1.75 bits per heavy atom. The van der Waals surface area contributed by atoms with Crippen molar-refractivity contribution in [3.8, 4) is 16.8 Å². The predicted molar refractivity (Wildman–Crippen MR) is 246 cm³/mol. The van der Waals surface area contributed by atoms with Crippen molar-refractivity contribution in [2.45, 2.75) is 0 Å². The van der Waals surface area contributed by atoms with E-state index in [-0.39, 0.29) is 0 Å². The van der Waals surface area contributed by atoms with Crippen LogP contribution in [0.1, 0.15) is 0 Å². The molecule has 0 bridgehead atoms. The number of anilines is 3. The molecule has 0 fully saturated rings. The number of hydrogen-bond acceptors (Lipinski definition) is 2. The van der Waals surface area contributed by atoms with Crippen LogP contribution in [0.5, 0.6) is 0 Å². The Kier molecular flexibility index (Phi) is 7.13. The van der Waals surface area contributed by atoms with Crippen LogP contribution < -0.4 is 4.90 Å². The van der Waals surface area contributed by atoms with Gasteiger partial charge in [-0.05, 0) is 80.5 Å². The Balaban J connectivity index is 1.17. The summed E-state index contributed by atoms with van der Waals surface area (Å²) in [5.74, 6) is 0. The van der Waals surface area contributed by atoms with E-state index in [0.717, 1.165) is 17.1 Å². The molecule has 0 saturated carbocycles. The molecule has 2 heterocycles. The van der Waals surface area contributed by atoms with Gasteiger partial charge in [-0.15, -0.1) is 11.3 Å². The largest absolute Gasteiger partial charge is 0.309 e. The van der Waals surface area contributed by atoms with E-state index in [9.17, 15) is 0 Å². The van der Waals surface area contributed by atoms with Crippen LogP contribution in [-0.4, -0.2) is 4.57 Å². The van der Waals surface area contributed by atoms with Crippen molar-refractivity contribution in [1.82, 2.24) is 4.57 Å². The number of hydrogen-bond donors (Lipinski definition) is 0. The maximum absolute atomic E-state index is 2.51. The SMILES string of the molecule is c1ccc(-n2c3cccc(N(c4ccc(-c5cccc6ccccc56)cc4)c4cccc5c4sc4c6ccccc6ccc54)c3c3ccc4ccccc4c32)cc1. The minimum atomic E-state index is 1.11. The van der Waals surface area contributed by atoms with Gasteiger partial charge in [0.05, 0.1) is 27.1 Å². The van der Waals surface area contributed by atoms with Gasteiger partial charge in [-0.25, -0.2) is 0 Å². The molecule has 0 spiro atoms. The predicted octanol–water partition coefficient (Wildman–Crippen LogP) is 15.7. The van der Waals surface area contributed by atoms with E-state index < -0.39 is 0 Å². The highest BCUT2D eigenvalue weighted by atomic mass is 32.1. The zero-order valence-corrected chi connectivity index (χ0v) is 31.7. The van der Waals surface area contributed by atoms with Crippen LogP contribution >= 0.6 is 11.3 Å². The summed E-state index contributed by atoms with van der Waals surface area (Å²) in [4.78, 5) is 2.51. The molecule has 0 N–H and O–H groups in total. The van der Waals surface area contributed by atoms with E-state index in [1.165, 1.54) is 91.1 Å².